The second-order valence-electron chi connectivity index (χ2n) is 5.36. The van der Waals surface area contributed by atoms with E-state index in [0.29, 0.717) is 16.5 Å². The van der Waals surface area contributed by atoms with Crippen molar-refractivity contribution >= 4 is 28.9 Å². The highest BCUT2D eigenvalue weighted by molar-refractivity contribution is 5.98. The summed E-state index contributed by atoms with van der Waals surface area (Å²) in [7, 11) is 0. The maximum absolute atomic E-state index is 12.0. The van der Waals surface area contributed by atoms with E-state index in [0.717, 1.165) is 6.08 Å². The van der Waals surface area contributed by atoms with Crippen molar-refractivity contribution in [3.8, 4) is 5.88 Å². The van der Waals surface area contributed by atoms with Gasteiger partial charge in [0.2, 0.25) is 5.88 Å². The van der Waals surface area contributed by atoms with Crippen LogP contribution in [0.2, 0.25) is 0 Å². The number of esters is 1. The summed E-state index contributed by atoms with van der Waals surface area (Å²) >= 11 is 0. The molecule has 3 rings (SSSR count). The smallest absolute Gasteiger partial charge is 0.346 e. The largest absolute Gasteiger partial charge is 0.478 e. The van der Waals surface area contributed by atoms with Gasteiger partial charge in [-0.05, 0) is 29.8 Å². The zero-order valence-electron chi connectivity index (χ0n) is 12.0. The maximum Gasteiger partial charge on any atom is 0.346 e. The Kier molecular flexibility index (Phi) is 3.09. The molecule has 0 atom stereocenters. The zero-order valence-corrected chi connectivity index (χ0v) is 12.0. The van der Waals surface area contributed by atoms with Crippen molar-refractivity contribution in [1.82, 2.24) is 4.98 Å². The molecule has 112 valence electrons. The Morgan fingerprint density at radius 2 is 2.05 bits per heavy atom. The number of ether oxygens (including phenoxy) is 2. The summed E-state index contributed by atoms with van der Waals surface area (Å²) < 4.78 is 10.7. The molecule has 0 unspecified atom stereocenters. The first-order valence-electron chi connectivity index (χ1n) is 6.62. The number of carbonyl (C=O) groups is 2. The molecule has 2 aromatic rings. The topological polar surface area (TPSA) is 85.7 Å². The van der Waals surface area contributed by atoms with Gasteiger partial charge in [0, 0.05) is 25.3 Å². The van der Waals surface area contributed by atoms with Crippen LogP contribution in [0.25, 0.3) is 17.0 Å². The highest BCUT2D eigenvalue weighted by atomic mass is 16.7. The predicted molar refractivity (Wildman–Crippen MR) is 78.5 cm³/mol. The average molecular weight is 299 g/mol. The lowest BCUT2D eigenvalue weighted by Crippen LogP contribution is -2.39. The van der Waals surface area contributed by atoms with Gasteiger partial charge in [-0.25, -0.2) is 14.6 Å². The molecule has 1 aliphatic heterocycles. The number of pyridine rings is 1. The number of carboxylic acid groups (broad SMARTS) is 1. The normalized spacial score (nSPS) is 16.2. The monoisotopic (exact) mass is 299 g/mol. The van der Waals surface area contributed by atoms with Crippen LogP contribution in [-0.4, -0.2) is 27.8 Å². The molecule has 0 fully saturated rings. The SMILES string of the molecule is CC1(C)OC(=O)c2cc3cc(/C=C/C(=O)O)ccc3nc2O1. The van der Waals surface area contributed by atoms with Gasteiger partial charge in [-0.1, -0.05) is 6.07 Å². The van der Waals surface area contributed by atoms with Gasteiger partial charge < -0.3 is 14.6 Å². The molecular weight excluding hydrogens is 286 g/mol. The highest BCUT2D eigenvalue weighted by Crippen LogP contribution is 2.32. The quantitative estimate of drug-likeness (QED) is 0.677. The molecule has 1 N–H and O–H groups in total. The summed E-state index contributed by atoms with van der Waals surface area (Å²) in [5, 5.41) is 9.35. The van der Waals surface area contributed by atoms with E-state index >= 15 is 0 Å². The number of cyclic esters (lactones) is 1. The van der Waals surface area contributed by atoms with E-state index < -0.39 is 17.7 Å². The van der Waals surface area contributed by atoms with Gasteiger partial charge in [0.05, 0.1) is 5.52 Å². The van der Waals surface area contributed by atoms with Crippen LogP contribution in [0.15, 0.2) is 30.3 Å². The van der Waals surface area contributed by atoms with Crippen LogP contribution in [0.1, 0.15) is 29.8 Å². The van der Waals surface area contributed by atoms with Crippen LogP contribution in [-0.2, 0) is 9.53 Å². The average Bonchev–Trinajstić information content (AvgIpc) is 2.42. The van der Waals surface area contributed by atoms with Crippen molar-refractivity contribution in [3.63, 3.8) is 0 Å². The van der Waals surface area contributed by atoms with Crippen molar-refractivity contribution in [2.24, 2.45) is 0 Å². The molecule has 0 radical (unpaired) electrons. The molecule has 0 saturated carbocycles. The number of benzene rings is 1. The summed E-state index contributed by atoms with van der Waals surface area (Å²) in [6.07, 6.45) is 2.52. The fraction of sp³-hybridized carbons (Fsp3) is 0.188. The molecule has 1 aromatic carbocycles. The molecule has 22 heavy (non-hydrogen) atoms. The molecule has 0 spiro atoms. The number of hydrogen-bond acceptors (Lipinski definition) is 5. The molecule has 6 nitrogen and oxygen atoms in total. The molecule has 0 saturated heterocycles. The van der Waals surface area contributed by atoms with E-state index in [1.54, 1.807) is 38.1 Å². The van der Waals surface area contributed by atoms with E-state index in [1.807, 2.05) is 0 Å². The first kappa shape index (κ1) is 14.1. The van der Waals surface area contributed by atoms with Crippen LogP contribution >= 0.6 is 0 Å². The van der Waals surface area contributed by atoms with Crippen molar-refractivity contribution in [2.75, 3.05) is 0 Å². The van der Waals surface area contributed by atoms with Gasteiger partial charge in [0.1, 0.15) is 5.56 Å². The Balaban J connectivity index is 2.09. The number of carbonyl (C=O) groups excluding carboxylic acids is 1. The second-order valence-corrected chi connectivity index (χ2v) is 5.36. The number of rotatable bonds is 2. The summed E-state index contributed by atoms with van der Waals surface area (Å²) in [6, 6.07) is 6.86. The highest BCUT2D eigenvalue weighted by Gasteiger charge is 2.35. The Morgan fingerprint density at radius 3 is 2.77 bits per heavy atom. The lowest BCUT2D eigenvalue weighted by atomic mass is 10.1. The molecule has 0 aliphatic carbocycles. The van der Waals surface area contributed by atoms with Gasteiger partial charge in [-0.15, -0.1) is 0 Å². The Hall–Kier alpha value is -2.89. The van der Waals surface area contributed by atoms with Crippen LogP contribution in [0, 0.1) is 0 Å². The Labute approximate surface area is 126 Å². The molecule has 0 amide bonds. The molecule has 1 aromatic heterocycles. The van der Waals surface area contributed by atoms with E-state index in [2.05, 4.69) is 4.98 Å². The molecule has 0 bridgehead atoms. The third-order valence-electron chi connectivity index (χ3n) is 3.12. The van der Waals surface area contributed by atoms with Crippen LogP contribution in [0.3, 0.4) is 0 Å². The van der Waals surface area contributed by atoms with Crippen LogP contribution < -0.4 is 4.74 Å². The number of aromatic nitrogens is 1. The van der Waals surface area contributed by atoms with Gasteiger partial charge in [-0.2, -0.15) is 0 Å². The van der Waals surface area contributed by atoms with Gasteiger partial charge in [0.15, 0.2) is 0 Å². The van der Waals surface area contributed by atoms with Crippen molar-refractivity contribution in [1.29, 1.82) is 0 Å². The molecule has 1 aliphatic rings. The fourth-order valence-corrected chi connectivity index (χ4v) is 2.20. The number of aliphatic carboxylic acids is 1. The first-order valence-corrected chi connectivity index (χ1v) is 6.62. The Bertz CT molecular complexity index is 823. The second kappa shape index (κ2) is 4.84. The van der Waals surface area contributed by atoms with Crippen LogP contribution in [0.5, 0.6) is 5.88 Å². The first-order chi connectivity index (χ1) is 10.3. The minimum atomic E-state index is -1.05. The fourth-order valence-electron chi connectivity index (χ4n) is 2.20. The third kappa shape index (κ3) is 2.63. The van der Waals surface area contributed by atoms with Gasteiger partial charge in [0.25, 0.3) is 5.79 Å². The van der Waals surface area contributed by atoms with Crippen molar-refractivity contribution in [3.05, 3.63) is 41.5 Å². The van der Waals surface area contributed by atoms with E-state index in [-0.39, 0.29) is 11.4 Å². The summed E-state index contributed by atoms with van der Waals surface area (Å²) in [5.41, 5.74) is 1.60. The van der Waals surface area contributed by atoms with E-state index in [9.17, 15) is 9.59 Å². The lowest BCUT2D eigenvalue weighted by molar-refractivity contribution is -0.131. The predicted octanol–water partition coefficient (Wildman–Crippen LogP) is 2.62. The number of fused-ring (bicyclic) bond motifs is 2. The zero-order chi connectivity index (χ0) is 15.9. The van der Waals surface area contributed by atoms with Crippen LogP contribution in [0.4, 0.5) is 0 Å². The van der Waals surface area contributed by atoms with E-state index in [4.69, 9.17) is 14.6 Å². The van der Waals surface area contributed by atoms with Gasteiger partial charge in [-0.3, -0.25) is 0 Å². The number of nitrogens with zero attached hydrogens (tertiary/aromatic N) is 1. The van der Waals surface area contributed by atoms with Crippen molar-refractivity contribution < 1.29 is 24.2 Å². The number of carboxylic acids is 1. The van der Waals surface area contributed by atoms with E-state index in [1.165, 1.54) is 6.08 Å². The van der Waals surface area contributed by atoms with Gasteiger partial charge >= 0.3 is 11.9 Å². The third-order valence-corrected chi connectivity index (χ3v) is 3.12. The molecule has 6 heteroatoms. The number of hydrogen-bond donors (Lipinski definition) is 1. The molecule has 2 heterocycles. The van der Waals surface area contributed by atoms with Crippen molar-refractivity contribution in [2.45, 2.75) is 19.6 Å². The molecular formula is C16H13NO5. The lowest BCUT2D eigenvalue weighted by Gasteiger charge is -2.30. The summed E-state index contributed by atoms with van der Waals surface area (Å²) in [6.45, 7) is 3.28. The minimum absolute atomic E-state index is 0.238. The standard InChI is InChI=1S/C16H13NO5/c1-16(2)21-14-11(15(20)22-16)8-10-7-9(4-6-13(18)19)3-5-12(10)17-14/h3-8H,1-2H3,(H,18,19)/b6-4+. The maximum atomic E-state index is 12.0. The summed E-state index contributed by atoms with van der Waals surface area (Å²) in [5.74, 6) is -2.33. The summed E-state index contributed by atoms with van der Waals surface area (Å²) in [4.78, 5) is 26.9. The Morgan fingerprint density at radius 1 is 1.27 bits per heavy atom. The minimum Gasteiger partial charge on any atom is -0.478 e.